The van der Waals surface area contributed by atoms with Gasteiger partial charge in [0.2, 0.25) is 0 Å². The number of anilines is 1. The Morgan fingerprint density at radius 3 is 2.61 bits per heavy atom. The average molecular weight is 394 g/mol. The number of pyridine rings is 1. The maximum Gasteiger partial charge on any atom is 0.270 e. The molecule has 6 nitrogen and oxygen atoms in total. The largest absolute Gasteiger partial charge is 0.357 e. The number of hydrogen-bond donors (Lipinski definition) is 2. The number of rotatable bonds is 5. The van der Waals surface area contributed by atoms with Gasteiger partial charge in [-0.1, -0.05) is 24.3 Å². The van der Waals surface area contributed by atoms with E-state index in [2.05, 4.69) is 20.2 Å². The number of imidazole rings is 1. The summed E-state index contributed by atoms with van der Waals surface area (Å²) in [5.41, 5.74) is 2.30. The molecule has 2 N–H and O–H groups in total. The van der Waals surface area contributed by atoms with E-state index in [1.807, 2.05) is 48.7 Å². The minimum Gasteiger partial charge on any atom is -0.357 e. The number of para-hydroxylation sites is 1. The number of amides is 1. The first-order chi connectivity index (χ1) is 13.7. The summed E-state index contributed by atoms with van der Waals surface area (Å²) in [5.74, 6) is 0.828. The third-order valence-electron chi connectivity index (χ3n) is 4.97. The third-order valence-corrected chi connectivity index (χ3v) is 5.27. The van der Waals surface area contributed by atoms with Crippen molar-refractivity contribution in [2.24, 2.45) is 0 Å². The Morgan fingerprint density at radius 2 is 1.89 bits per heavy atom. The van der Waals surface area contributed by atoms with Crippen molar-refractivity contribution >= 4 is 23.9 Å². The maximum atomic E-state index is 12.7. The number of aromatic nitrogens is 3. The van der Waals surface area contributed by atoms with Gasteiger partial charge >= 0.3 is 0 Å². The fraction of sp³-hybridized carbons (Fsp3) is 0.286. The molecule has 1 fully saturated rings. The van der Waals surface area contributed by atoms with Gasteiger partial charge in [-0.05, 0) is 55.2 Å². The molecule has 1 amide bonds. The van der Waals surface area contributed by atoms with Crippen molar-refractivity contribution in [3.8, 4) is 5.69 Å². The van der Waals surface area contributed by atoms with Crippen molar-refractivity contribution in [2.75, 3.05) is 18.0 Å². The number of piperidine rings is 1. The molecule has 0 unspecified atom stereocenters. The minimum absolute atomic E-state index is 0.184. The summed E-state index contributed by atoms with van der Waals surface area (Å²) >= 11 is 5.34. The predicted molar refractivity (Wildman–Crippen MR) is 112 cm³/mol. The van der Waals surface area contributed by atoms with Crippen molar-refractivity contribution in [3.05, 3.63) is 70.9 Å². The number of nitrogens with zero attached hydrogens (tertiary/aromatic N) is 3. The van der Waals surface area contributed by atoms with Crippen LogP contribution < -0.4 is 10.2 Å². The molecule has 0 atom stereocenters. The normalized spacial score (nSPS) is 14.1. The van der Waals surface area contributed by atoms with Gasteiger partial charge in [-0.3, -0.25) is 9.36 Å². The molecule has 7 heteroatoms. The highest BCUT2D eigenvalue weighted by molar-refractivity contribution is 7.71. The Hall–Kier alpha value is -2.93. The molecule has 1 aliphatic rings. The molecule has 0 radical (unpaired) electrons. The standard InChI is InChI=1S/C21H23N5OS/c27-20(18-15-24-21(28)26(18)17-7-3-1-4-8-17)23-14-16-9-10-19(22-13-16)25-11-5-2-6-12-25/h1,3-4,7-10,13,15H,2,5-6,11-12,14H2,(H,23,27)(H,24,28). The molecule has 2 aromatic heterocycles. The van der Waals surface area contributed by atoms with E-state index >= 15 is 0 Å². The van der Waals surface area contributed by atoms with Gasteiger partial charge in [-0.15, -0.1) is 0 Å². The van der Waals surface area contributed by atoms with E-state index in [-0.39, 0.29) is 5.91 Å². The topological polar surface area (TPSA) is 66.0 Å². The predicted octanol–water partition coefficient (Wildman–Crippen LogP) is 3.85. The first kappa shape index (κ1) is 18.4. The van der Waals surface area contributed by atoms with Crippen LogP contribution in [0.15, 0.2) is 54.9 Å². The van der Waals surface area contributed by atoms with Gasteiger partial charge in [0.15, 0.2) is 4.77 Å². The lowest BCUT2D eigenvalue weighted by Crippen LogP contribution is -2.30. The van der Waals surface area contributed by atoms with Gasteiger partial charge in [-0.2, -0.15) is 0 Å². The monoisotopic (exact) mass is 393 g/mol. The lowest BCUT2D eigenvalue weighted by atomic mass is 10.1. The van der Waals surface area contributed by atoms with Crippen molar-refractivity contribution in [2.45, 2.75) is 25.8 Å². The molecule has 144 valence electrons. The van der Waals surface area contributed by atoms with Crippen LogP contribution in [-0.2, 0) is 6.54 Å². The summed E-state index contributed by atoms with van der Waals surface area (Å²) in [6.07, 6.45) is 7.23. The highest BCUT2D eigenvalue weighted by atomic mass is 32.1. The van der Waals surface area contributed by atoms with Crippen molar-refractivity contribution in [1.82, 2.24) is 19.9 Å². The summed E-state index contributed by atoms with van der Waals surface area (Å²) in [7, 11) is 0. The van der Waals surface area contributed by atoms with Crippen LogP contribution in [0.4, 0.5) is 5.82 Å². The molecule has 3 aromatic rings. The Bertz CT molecular complexity index is 988. The molecule has 1 saturated heterocycles. The van der Waals surface area contributed by atoms with Crippen LogP contribution in [0.25, 0.3) is 5.69 Å². The van der Waals surface area contributed by atoms with Crippen molar-refractivity contribution in [1.29, 1.82) is 0 Å². The van der Waals surface area contributed by atoms with Gasteiger partial charge in [0, 0.05) is 37.7 Å². The zero-order valence-electron chi connectivity index (χ0n) is 15.6. The highest BCUT2D eigenvalue weighted by Crippen LogP contribution is 2.17. The average Bonchev–Trinajstić information content (AvgIpc) is 3.15. The summed E-state index contributed by atoms with van der Waals surface area (Å²) < 4.78 is 2.23. The Labute approximate surface area is 169 Å². The SMILES string of the molecule is O=C(NCc1ccc(N2CCCCC2)nc1)c1c[nH]c(=S)n1-c1ccccc1. The molecule has 1 aliphatic heterocycles. The van der Waals surface area contributed by atoms with E-state index in [1.54, 1.807) is 10.8 Å². The molecule has 0 spiro atoms. The van der Waals surface area contributed by atoms with E-state index < -0.39 is 0 Å². The Balaban J connectivity index is 1.43. The van der Waals surface area contributed by atoms with E-state index in [9.17, 15) is 4.79 Å². The second kappa shape index (κ2) is 8.39. The Morgan fingerprint density at radius 1 is 1.11 bits per heavy atom. The number of aromatic amines is 1. The molecule has 3 heterocycles. The molecule has 0 aliphatic carbocycles. The first-order valence-electron chi connectivity index (χ1n) is 9.56. The first-order valence-corrected chi connectivity index (χ1v) is 9.97. The van der Waals surface area contributed by atoms with E-state index in [1.165, 1.54) is 19.3 Å². The molecule has 0 bridgehead atoms. The lowest BCUT2D eigenvalue weighted by molar-refractivity contribution is 0.0944. The molecular formula is C21H23N5OS. The Kier molecular flexibility index (Phi) is 5.53. The molecule has 4 rings (SSSR count). The number of nitrogens with one attached hydrogen (secondary N) is 2. The van der Waals surface area contributed by atoms with Gasteiger partial charge in [0.25, 0.3) is 5.91 Å². The summed E-state index contributed by atoms with van der Waals surface area (Å²) in [5, 5.41) is 2.96. The van der Waals surface area contributed by atoms with E-state index in [0.717, 1.165) is 30.2 Å². The van der Waals surface area contributed by atoms with E-state index in [0.29, 0.717) is 17.0 Å². The number of carbonyl (C=O) groups is 1. The number of carbonyl (C=O) groups excluding carboxylic acids is 1. The zero-order valence-corrected chi connectivity index (χ0v) is 16.4. The van der Waals surface area contributed by atoms with Crippen LogP contribution in [-0.4, -0.2) is 33.5 Å². The quantitative estimate of drug-likeness (QED) is 0.646. The second-order valence-electron chi connectivity index (χ2n) is 6.91. The fourth-order valence-electron chi connectivity index (χ4n) is 3.47. The van der Waals surface area contributed by atoms with Gasteiger partial charge in [0.1, 0.15) is 11.5 Å². The van der Waals surface area contributed by atoms with Crippen LogP contribution in [0.2, 0.25) is 0 Å². The minimum atomic E-state index is -0.184. The van der Waals surface area contributed by atoms with Gasteiger partial charge in [0.05, 0.1) is 0 Å². The number of benzene rings is 1. The van der Waals surface area contributed by atoms with Crippen molar-refractivity contribution in [3.63, 3.8) is 0 Å². The zero-order chi connectivity index (χ0) is 19.3. The summed E-state index contributed by atoms with van der Waals surface area (Å²) in [6.45, 7) is 2.55. The smallest absolute Gasteiger partial charge is 0.270 e. The summed E-state index contributed by atoms with van der Waals surface area (Å²) in [4.78, 5) is 22.6. The second-order valence-corrected chi connectivity index (χ2v) is 7.29. The van der Waals surface area contributed by atoms with Gasteiger partial charge in [-0.25, -0.2) is 4.98 Å². The van der Waals surface area contributed by atoms with Crippen molar-refractivity contribution < 1.29 is 4.79 Å². The number of hydrogen-bond acceptors (Lipinski definition) is 4. The van der Waals surface area contributed by atoms with Gasteiger partial charge < -0.3 is 15.2 Å². The van der Waals surface area contributed by atoms with E-state index in [4.69, 9.17) is 12.2 Å². The van der Waals surface area contributed by atoms with Crippen LogP contribution in [0.1, 0.15) is 35.3 Å². The van der Waals surface area contributed by atoms with Crippen LogP contribution in [0.5, 0.6) is 0 Å². The molecule has 1 aromatic carbocycles. The number of H-pyrrole nitrogens is 1. The van der Waals surface area contributed by atoms with Crippen LogP contribution >= 0.6 is 12.2 Å². The lowest BCUT2D eigenvalue weighted by Gasteiger charge is -2.27. The highest BCUT2D eigenvalue weighted by Gasteiger charge is 2.15. The maximum absolute atomic E-state index is 12.7. The van der Waals surface area contributed by atoms with Crippen LogP contribution in [0, 0.1) is 4.77 Å². The third kappa shape index (κ3) is 3.99. The van der Waals surface area contributed by atoms with Crippen LogP contribution in [0.3, 0.4) is 0 Å². The molecule has 0 saturated carbocycles. The molecular weight excluding hydrogens is 370 g/mol. The fourth-order valence-corrected chi connectivity index (χ4v) is 3.74. The molecule has 28 heavy (non-hydrogen) atoms. The summed E-state index contributed by atoms with van der Waals surface area (Å²) in [6, 6.07) is 13.7.